The fraction of sp³-hybridized carbons (Fsp3) is 0.312. The van der Waals surface area contributed by atoms with E-state index >= 15 is 0 Å². The molecule has 0 bridgehead atoms. The molecular formula is C16H18N2O. The van der Waals surface area contributed by atoms with Gasteiger partial charge in [-0.1, -0.05) is 30.3 Å². The summed E-state index contributed by atoms with van der Waals surface area (Å²) >= 11 is 0. The Hall–Kier alpha value is -1.87. The number of aromatic nitrogens is 1. The molecule has 2 heterocycles. The lowest BCUT2D eigenvalue weighted by Gasteiger charge is -2.21. The van der Waals surface area contributed by atoms with Crippen LogP contribution in [0.5, 0.6) is 0 Å². The van der Waals surface area contributed by atoms with Gasteiger partial charge in [0.2, 0.25) is 0 Å². The van der Waals surface area contributed by atoms with Gasteiger partial charge in [-0.25, -0.2) is 4.98 Å². The third kappa shape index (κ3) is 2.61. The molecule has 19 heavy (non-hydrogen) atoms. The maximum Gasteiger partial charge on any atom is 0.128 e. The van der Waals surface area contributed by atoms with E-state index in [9.17, 15) is 5.11 Å². The van der Waals surface area contributed by atoms with Gasteiger partial charge in [0.15, 0.2) is 0 Å². The molecular weight excluding hydrogens is 236 g/mol. The van der Waals surface area contributed by atoms with Gasteiger partial charge in [-0.05, 0) is 36.1 Å². The molecule has 0 radical (unpaired) electrons. The number of aliphatic hydroxyl groups is 1. The number of hydrogen-bond acceptors (Lipinski definition) is 3. The van der Waals surface area contributed by atoms with Crippen LogP contribution < -0.4 is 4.90 Å². The van der Waals surface area contributed by atoms with Crippen molar-refractivity contribution in [2.24, 2.45) is 0 Å². The molecule has 0 amide bonds. The third-order valence-corrected chi connectivity index (χ3v) is 3.70. The van der Waals surface area contributed by atoms with Crippen molar-refractivity contribution >= 4 is 5.82 Å². The molecule has 0 aliphatic carbocycles. The van der Waals surface area contributed by atoms with Gasteiger partial charge in [-0.3, -0.25) is 0 Å². The van der Waals surface area contributed by atoms with E-state index in [1.54, 1.807) is 0 Å². The molecule has 1 aliphatic rings. The maximum absolute atomic E-state index is 9.18. The average Bonchev–Trinajstić information content (AvgIpc) is 2.70. The van der Waals surface area contributed by atoms with Crippen LogP contribution in [-0.4, -0.2) is 23.2 Å². The summed E-state index contributed by atoms with van der Waals surface area (Å²) in [4.78, 5) is 6.80. The highest BCUT2D eigenvalue weighted by molar-refractivity contribution is 5.42. The van der Waals surface area contributed by atoms with Gasteiger partial charge in [0.25, 0.3) is 0 Å². The van der Waals surface area contributed by atoms with Crippen LogP contribution in [-0.2, 0) is 19.4 Å². The fourth-order valence-electron chi connectivity index (χ4n) is 2.63. The zero-order chi connectivity index (χ0) is 13.1. The van der Waals surface area contributed by atoms with E-state index in [0.29, 0.717) is 0 Å². The summed E-state index contributed by atoms with van der Waals surface area (Å²) in [6, 6.07) is 14.5. The van der Waals surface area contributed by atoms with Crippen molar-refractivity contribution < 1.29 is 5.11 Å². The van der Waals surface area contributed by atoms with Gasteiger partial charge in [-0.15, -0.1) is 0 Å². The smallest absolute Gasteiger partial charge is 0.128 e. The normalized spacial score (nSPS) is 14.9. The van der Waals surface area contributed by atoms with Crippen molar-refractivity contribution in [3.05, 3.63) is 59.3 Å². The van der Waals surface area contributed by atoms with Crippen LogP contribution in [0, 0.1) is 0 Å². The van der Waals surface area contributed by atoms with Gasteiger partial charge in [0.05, 0.1) is 12.3 Å². The number of fused-ring (bicyclic) bond motifs is 1. The minimum absolute atomic E-state index is 0.00189. The minimum atomic E-state index is 0.00189. The second-order valence-corrected chi connectivity index (χ2v) is 4.90. The van der Waals surface area contributed by atoms with Crippen molar-refractivity contribution in [1.82, 2.24) is 4.98 Å². The molecule has 1 N–H and O–H groups in total. The monoisotopic (exact) mass is 254 g/mol. The van der Waals surface area contributed by atoms with Crippen LogP contribution in [0.15, 0.2) is 42.5 Å². The lowest BCUT2D eigenvalue weighted by Crippen LogP contribution is -2.27. The lowest BCUT2D eigenvalue weighted by atomic mass is 10.0. The lowest BCUT2D eigenvalue weighted by molar-refractivity contribution is 0.277. The molecule has 1 aromatic carbocycles. The van der Waals surface area contributed by atoms with E-state index in [1.165, 1.54) is 11.1 Å². The Bertz CT molecular complexity index is 541. The molecule has 98 valence electrons. The number of benzene rings is 1. The first-order valence-electron chi connectivity index (χ1n) is 6.75. The van der Waals surface area contributed by atoms with E-state index in [1.807, 2.05) is 18.2 Å². The van der Waals surface area contributed by atoms with Crippen LogP contribution in [0.3, 0.4) is 0 Å². The Balaban J connectivity index is 1.81. The number of rotatable bonds is 2. The quantitative estimate of drug-likeness (QED) is 0.892. The maximum atomic E-state index is 9.18. The highest BCUT2D eigenvalue weighted by Gasteiger charge is 2.14. The predicted octanol–water partition coefficient (Wildman–Crippen LogP) is 2.18. The number of anilines is 1. The largest absolute Gasteiger partial charge is 0.390 e. The second-order valence-electron chi connectivity index (χ2n) is 4.90. The van der Waals surface area contributed by atoms with E-state index < -0.39 is 0 Å². The molecule has 0 atom stereocenters. The molecule has 0 saturated heterocycles. The predicted molar refractivity (Wildman–Crippen MR) is 76.2 cm³/mol. The zero-order valence-electron chi connectivity index (χ0n) is 10.9. The Morgan fingerprint density at radius 3 is 2.26 bits per heavy atom. The van der Waals surface area contributed by atoms with Crippen LogP contribution in [0.25, 0.3) is 0 Å². The first-order valence-corrected chi connectivity index (χ1v) is 6.75. The van der Waals surface area contributed by atoms with Crippen molar-refractivity contribution in [2.45, 2.75) is 19.4 Å². The molecule has 3 rings (SSSR count). The van der Waals surface area contributed by atoms with Crippen molar-refractivity contribution in [3.8, 4) is 0 Å². The minimum Gasteiger partial charge on any atom is -0.390 e. The van der Waals surface area contributed by atoms with Crippen molar-refractivity contribution in [2.75, 3.05) is 18.0 Å². The molecule has 3 heteroatoms. The number of pyridine rings is 1. The Morgan fingerprint density at radius 1 is 0.947 bits per heavy atom. The summed E-state index contributed by atoms with van der Waals surface area (Å²) in [7, 11) is 0. The van der Waals surface area contributed by atoms with Gasteiger partial charge in [0, 0.05) is 13.1 Å². The number of hydrogen-bond donors (Lipinski definition) is 1. The van der Waals surface area contributed by atoms with Gasteiger partial charge in [-0.2, -0.15) is 0 Å². The topological polar surface area (TPSA) is 36.4 Å². The zero-order valence-corrected chi connectivity index (χ0v) is 10.9. The molecule has 2 aromatic rings. The first-order chi connectivity index (χ1) is 9.36. The van der Waals surface area contributed by atoms with Crippen LogP contribution in [0.4, 0.5) is 5.82 Å². The molecule has 0 unspecified atom stereocenters. The highest BCUT2D eigenvalue weighted by Crippen LogP contribution is 2.19. The average molecular weight is 254 g/mol. The Kier molecular flexibility index (Phi) is 3.47. The summed E-state index contributed by atoms with van der Waals surface area (Å²) in [6.45, 7) is 1.97. The number of aliphatic hydroxyl groups excluding tert-OH is 1. The molecule has 1 aliphatic heterocycles. The summed E-state index contributed by atoms with van der Waals surface area (Å²) in [5.41, 5.74) is 3.63. The summed E-state index contributed by atoms with van der Waals surface area (Å²) in [6.07, 6.45) is 2.11. The van der Waals surface area contributed by atoms with Crippen LogP contribution in [0.2, 0.25) is 0 Å². The molecule has 1 aromatic heterocycles. The van der Waals surface area contributed by atoms with Crippen molar-refractivity contribution in [1.29, 1.82) is 0 Å². The van der Waals surface area contributed by atoms with E-state index in [0.717, 1.165) is 37.4 Å². The molecule has 3 nitrogen and oxygen atoms in total. The summed E-state index contributed by atoms with van der Waals surface area (Å²) < 4.78 is 0. The van der Waals surface area contributed by atoms with Crippen LogP contribution in [0.1, 0.15) is 16.8 Å². The van der Waals surface area contributed by atoms with Crippen molar-refractivity contribution in [3.63, 3.8) is 0 Å². The third-order valence-electron chi connectivity index (χ3n) is 3.70. The summed E-state index contributed by atoms with van der Waals surface area (Å²) in [5.74, 6) is 0.972. The van der Waals surface area contributed by atoms with Gasteiger partial charge < -0.3 is 10.0 Å². The number of nitrogens with zero attached hydrogens (tertiary/aromatic N) is 2. The van der Waals surface area contributed by atoms with Gasteiger partial charge in [0.1, 0.15) is 5.82 Å². The Labute approximate surface area is 113 Å². The second kappa shape index (κ2) is 5.41. The SMILES string of the molecule is OCc1cccc(N2CCc3ccccc3CC2)n1. The van der Waals surface area contributed by atoms with E-state index in [2.05, 4.69) is 34.1 Å². The molecule has 0 fully saturated rings. The summed E-state index contributed by atoms with van der Waals surface area (Å²) in [5, 5.41) is 9.18. The van der Waals surface area contributed by atoms with Gasteiger partial charge >= 0.3 is 0 Å². The first kappa shape index (κ1) is 12.2. The standard InChI is InChI=1S/C16H18N2O/c19-12-15-6-3-7-16(17-15)18-10-8-13-4-1-2-5-14(13)9-11-18/h1-7,19H,8-12H2. The van der Waals surface area contributed by atoms with E-state index in [-0.39, 0.29) is 6.61 Å². The Morgan fingerprint density at radius 2 is 1.63 bits per heavy atom. The van der Waals surface area contributed by atoms with Crippen LogP contribution >= 0.6 is 0 Å². The molecule has 0 saturated carbocycles. The highest BCUT2D eigenvalue weighted by atomic mass is 16.3. The van der Waals surface area contributed by atoms with E-state index in [4.69, 9.17) is 0 Å². The fourth-order valence-corrected chi connectivity index (χ4v) is 2.63. The molecule has 0 spiro atoms.